The van der Waals surface area contributed by atoms with Crippen LogP contribution in [0.2, 0.25) is 0 Å². The first-order chi connectivity index (χ1) is 12.7. The van der Waals surface area contributed by atoms with Crippen molar-refractivity contribution in [3.63, 3.8) is 0 Å². The van der Waals surface area contributed by atoms with Crippen LogP contribution in [0.5, 0.6) is 0 Å². The van der Waals surface area contributed by atoms with Gasteiger partial charge in [-0.25, -0.2) is 9.59 Å². The molecule has 0 saturated heterocycles. The van der Waals surface area contributed by atoms with E-state index in [4.69, 9.17) is 9.47 Å². The standard InChI is InChI=1S/C22H18O4/c1-25-21(23)18-14-8-9-15-19(18)22(24)26-20(16-10-4-2-5-11-16)17-12-6-3-7-13-17/h2-15,20H,1H3. The molecule has 0 radical (unpaired) electrons. The number of rotatable bonds is 5. The van der Waals surface area contributed by atoms with Crippen LogP contribution in [0.3, 0.4) is 0 Å². The maximum Gasteiger partial charge on any atom is 0.339 e. The number of ether oxygens (including phenoxy) is 2. The van der Waals surface area contributed by atoms with Crippen molar-refractivity contribution in [1.29, 1.82) is 0 Å². The molecule has 0 amide bonds. The highest BCUT2D eigenvalue weighted by molar-refractivity contribution is 6.03. The van der Waals surface area contributed by atoms with Gasteiger partial charge in [0.25, 0.3) is 0 Å². The molecule has 3 rings (SSSR count). The van der Waals surface area contributed by atoms with Crippen molar-refractivity contribution in [1.82, 2.24) is 0 Å². The fraction of sp³-hybridized carbons (Fsp3) is 0.0909. The van der Waals surface area contributed by atoms with Gasteiger partial charge in [-0.3, -0.25) is 0 Å². The zero-order valence-corrected chi connectivity index (χ0v) is 14.3. The Labute approximate surface area is 152 Å². The molecular weight excluding hydrogens is 328 g/mol. The van der Waals surface area contributed by atoms with Crippen LogP contribution in [-0.2, 0) is 9.47 Å². The fourth-order valence-corrected chi connectivity index (χ4v) is 2.70. The van der Waals surface area contributed by atoms with Gasteiger partial charge in [-0.1, -0.05) is 72.8 Å². The largest absolute Gasteiger partial charge is 0.465 e. The summed E-state index contributed by atoms with van der Waals surface area (Å²) in [5, 5.41) is 0. The maximum absolute atomic E-state index is 12.8. The molecule has 3 aromatic rings. The van der Waals surface area contributed by atoms with Crippen LogP contribution in [0.25, 0.3) is 0 Å². The van der Waals surface area contributed by atoms with E-state index in [9.17, 15) is 9.59 Å². The lowest BCUT2D eigenvalue weighted by Crippen LogP contribution is -2.16. The van der Waals surface area contributed by atoms with Crippen LogP contribution in [0, 0.1) is 0 Å². The van der Waals surface area contributed by atoms with Gasteiger partial charge in [-0.05, 0) is 23.3 Å². The number of methoxy groups -OCH3 is 1. The lowest BCUT2D eigenvalue weighted by atomic mass is 10.0. The molecule has 0 aromatic heterocycles. The minimum atomic E-state index is -0.580. The van der Waals surface area contributed by atoms with Gasteiger partial charge < -0.3 is 9.47 Å². The van der Waals surface area contributed by atoms with Gasteiger partial charge in [0.1, 0.15) is 0 Å². The van der Waals surface area contributed by atoms with E-state index in [1.54, 1.807) is 24.3 Å². The number of benzene rings is 3. The molecule has 0 fully saturated rings. The molecule has 0 bridgehead atoms. The first kappa shape index (κ1) is 17.4. The van der Waals surface area contributed by atoms with Gasteiger partial charge in [0.05, 0.1) is 18.2 Å². The first-order valence-electron chi connectivity index (χ1n) is 8.19. The normalized spacial score (nSPS) is 10.4. The zero-order valence-electron chi connectivity index (χ0n) is 14.3. The van der Waals surface area contributed by atoms with Gasteiger partial charge in [0.15, 0.2) is 6.10 Å². The van der Waals surface area contributed by atoms with E-state index in [0.717, 1.165) is 11.1 Å². The molecule has 130 valence electrons. The van der Waals surface area contributed by atoms with Crippen LogP contribution in [-0.4, -0.2) is 19.0 Å². The molecule has 0 unspecified atom stereocenters. The predicted molar refractivity (Wildman–Crippen MR) is 97.9 cm³/mol. The molecular formula is C22H18O4. The second kappa shape index (κ2) is 8.12. The smallest absolute Gasteiger partial charge is 0.339 e. The van der Waals surface area contributed by atoms with E-state index in [1.165, 1.54) is 7.11 Å². The molecule has 26 heavy (non-hydrogen) atoms. The Bertz CT molecular complexity index is 849. The van der Waals surface area contributed by atoms with E-state index in [-0.39, 0.29) is 11.1 Å². The summed E-state index contributed by atoms with van der Waals surface area (Å²) in [6, 6.07) is 25.4. The van der Waals surface area contributed by atoms with Crippen molar-refractivity contribution in [2.75, 3.05) is 7.11 Å². The number of carbonyl (C=O) groups excluding carboxylic acids is 2. The average Bonchev–Trinajstić information content (AvgIpc) is 2.72. The molecule has 0 heterocycles. The monoisotopic (exact) mass is 346 g/mol. The minimum Gasteiger partial charge on any atom is -0.465 e. The van der Waals surface area contributed by atoms with Crippen LogP contribution in [0.4, 0.5) is 0 Å². The summed E-state index contributed by atoms with van der Waals surface area (Å²) in [5.41, 5.74) is 2.06. The van der Waals surface area contributed by atoms with Crippen LogP contribution >= 0.6 is 0 Å². The van der Waals surface area contributed by atoms with Crippen molar-refractivity contribution in [2.45, 2.75) is 6.10 Å². The molecule has 0 aliphatic rings. The summed E-state index contributed by atoms with van der Waals surface area (Å²) >= 11 is 0. The fourth-order valence-electron chi connectivity index (χ4n) is 2.70. The predicted octanol–water partition coefficient (Wildman–Crippen LogP) is 4.42. The molecule has 0 aliphatic heterocycles. The summed E-state index contributed by atoms with van der Waals surface area (Å²) in [6.07, 6.45) is -0.574. The third kappa shape index (κ3) is 3.81. The molecule has 3 aromatic carbocycles. The van der Waals surface area contributed by atoms with Gasteiger partial charge in [0, 0.05) is 0 Å². The summed E-state index contributed by atoms with van der Waals surface area (Å²) in [6.45, 7) is 0. The van der Waals surface area contributed by atoms with Crippen LogP contribution in [0.15, 0.2) is 84.9 Å². The van der Waals surface area contributed by atoms with Gasteiger partial charge in [-0.2, -0.15) is 0 Å². The Morgan fingerprint density at radius 3 is 1.54 bits per heavy atom. The number of carbonyl (C=O) groups is 2. The van der Waals surface area contributed by atoms with Gasteiger partial charge in [-0.15, -0.1) is 0 Å². The second-order valence-corrected chi connectivity index (χ2v) is 5.64. The summed E-state index contributed by atoms with van der Waals surface area (Å²) < 4.78 is 10.6. The van der Waals surface area contributed by atoms with Crippen LogP contribution < -0.4 is 0 Å². The third-order valence-corrected chi connectivity index (χ3v) is 3.98. The summed E-state index contributed by atoms with van der Waals surface area (Å²) in [4.78, 5) is 24.7. The van der Waals surface area contributed by atoms with E-state index in [0.29, 0.717) is 0 Å². The number of hydrogen-bond acceptors (Lipinski definition) is 4. The Balaban J connectivity index is 1.96. The van der Waals surface area contributed by atoms with Crippen molar-refractivity contribution in [3.05, 3.63) is 107 Å². The van der Waals surface area contributed by atoms with Crippen molar-refractivity contribution in [2.24, 2.45) is 0 Å². The lowest BCUT2D eigenvalue weighted by molar-refractivity contribution is 0.0368. The summed E-state index contributed by atoms with van der Waals surface area (Å²) in [5.74, 6) is -1.16. The average molecular weight is 346 g/mol. The highest BCUT2D eigenvalue weighted by Gasteiger charge is 2.23. The molecule has 0 atom stereocenters. The van der Waals surface area contributed by atoms with E-state index < -0.39 is 18.0 Å². The second-order valence-electron chi connectivity index (χ2n) is 5.64. The van der Waals surface area contributed by atoms with E-state index >= 15 is 0 Å². The number of hydrogen-bond donors (Lipinski definition) is 0. The van der Waals surface area contributed by atoms with Crippen molar-refractivity contribution < 1.29 is 19.1 Å². The Hall–Kier alpha value is -3.40. The molecule has 0 saturated carbocycles. The Morgan fingerprint density at radius 2 is 1.08 bits per heavy atom. The zero-order chi connectivity index (χ0) is 18.4. The van der Waals surface area contributed by atoms with Crippen molar-refractivity contribution >= 4 is 11.9 Å². The lowest BCUT2D eigenvalue weighted by Gasteiger charge is -2.19. The molecule has 4 heteroatoms. The third-order valence-electron chi connectivity index (χ3n) is 3.98. The Morgan fingerprint density at radius 1 is 0.654 bits per heavy atom. The highest BCUT2D eigenvalue weighted by Crippen LogP contribution is 2.27. The molecule has 4 nitrogen and oxygen atoms in total. The van der Waals surface area contributed by atoms with Gasteiger partial charge >= 0.3 is 11.9 Å². The quantitative estimate of drug-likeness (QED) is 0.642. The topological polar surface area (TPSA) is 52.6 Å². The highest BCUT2D eigenvalue weighted by atomic mass is 16.5. The van der Waals surface area contributed by atoms with E-state index in [2.05, 4.69) is 0 Å². The SMILES string of the molecule is COC(=O)c1ccccc1C(=O)OC(c1ccccc1)c1ccccc1. The Kier molecular flexibility index (Phi) is 5.44. The molecule has 0 aliphatic carbocycles. The van der Waals surface area contributed by atoms with Gasteiger partial charge in [0.2, 0.25) is 0 Å². The molecule has 0 spiro atoms. The molecule has 0 N–H and O–H groups in total. The minimum absolute atomic E-state index is 0.177. The van der Waals surface area contributed by atoms with Crippen molar-refractivity contribution in [3.8, 4) is 0 Å². The number of esters is 2. The van der Waals surface area contributed by atoms with E-state index in [1.807, 2.05) is 60.7 Å². The maximum atomic E-state index is 12.8. The summed E-state index contributed by atoms with van der Waals surface area (Å²) in [7, 11) is 1.28. The van der Waals surface area contributed by atoms with Crippen LogP contribution in [0.1, 0.15) is 37.9 Å². The first-order valence-corrected chi connectivity index (χ1v) is 8.19.